The van der Waals surface area contributed by atoms with Crippen LogP contribution >= 0.6 is 11.8 Å². The smallest absolute Gasteiger partial charge is 0.240 e. The van der Waals surface area contributed by atoms with Crippen LogP contribution in [0, 0.1) is 5.82 Å². The molecule has 110 valence electrons. The van der Waals surface area contributed by atoms with Gasteiger partial charge in [-0.15, -0.1) is 11.8 Å². The Morgan fingerprint density at radius 2 is 1.95 bits per heavy atom. The summed E-state index contributed by atoms with van der Waals surface area (Å²) in [5.41, 5.74) is 5.43. The van der Waals surface area contributed by atoms with E-state index in [1.165, 1.54) is 12.1 Å². The molecule has 1 saturated carbocycles. The Labute approximate surface area is 123 Å². The predicted molar refractivity (Wildman–Crippen MR) is 80.1 cm³/mol. The van der Waals surface area contributed by atoms with E-state index in [2.05, 4.69) is 5.32 Å². The summed E-state index contributed by atoms with van der Waals surface area (Å²) in [4.78, 5) is 13.0. The van der Waals surface area contributed by atoms with Crippen molar-refractivity contribution in [3.05, 3.63) is 30.1 Å². The van der Waals surface area contributed by atoms with Crippen LogP contribution in [-0.2, 0) is 4.79 Å². The fourth-order valence-corrected chi connectivity index (χ4v) is 3.26. The summed E-state index contributed by atoms with van der Waals surface area (Å²) in [5.74, 6) is 0.664. The Balaban J connectivity index is 1.62. The molecule has 0 bridgehead atoms. The van der Waals surface area contributed by atoms with Crippen LogP contribution in [0.4, 0.5) is 4.39 Å². The summed E-state index contributed by atoms with van der Waals surface area (Å²) < 4.78 is 12.7. The molecule has 1 aliphatic carbocycles. The number of nitrogens with two attached hydrogens (primary N) is 1. The molecule has 0 saturated heterocycles. The topological polar surface area (TPSA) is 55.1 Å². The minimum Gasteiger partial charge on any atom is -0.354 e. The van der Waals surface area contributed by atoms with E-state index in [9.17, 15) is 9.18 Å². The minimum absolute atomic E-state index is 0.0122. The zero-order valence-corrected chi connectivity index (χ0v) is 12.3. The minimum atomic E-state index is -0.635. The van der Waals surface area contributed by atoms with E-state index in [-0.39, 0.29) is 11.7 Å². The Hall–Kier alpha value is -1.07. The van der Waals surface area contributed by atoms with Crippen molar-refractivity contribution < 1.29 is 9.18 Å². The van der Waals surface area contributed by atoms with Crippen molar-refractivity contribution in [1.29, 1.82) is 0 Å². The zero-order valence-electron chi connectivity index (χ0n) is 11.5. The molecule has 0 heterocycles. The molecule has 2 rings (SSSR count). The quantitative estimate of drug-likeness (QED) is 0.627. The van der Waals surface area contributed by atoms with Gasteiger partial charge >= 0.3 is 0 Å². The lowest BCUT2D eigenvalue weighted by atomic mass is 9.98. The lowest BCUT2D eigenvalue weighted by Gasteiger charge is -2.22. The number of amides is 1. The van der Waals surface area contributed by atoms with Crippen LogP contribution in [0.2, 0.25) is 0 Å². The Bertz CT molecular complexity index is 444. The van der Waals surface area contributed by atoms with Crippen LogP contribution in [0.15, 0.2) is 29.2 Å². The van der Waals surface area contributed by atoms with E-state index in [4.69, 9.17) is 5.73 Å². The number of hydrogen-bond donors (Lipinski definition) is 2. The maximum atomic E-state index is 12.7. The first-order chi connectivity index (χ1) is 9.60. The molecule has 0 aliphatic heterocycles. The van der Waals surface area contributed by atoms with Gasteiger partial charge in [0.2, 0.25) is 5.91 Å². The molecule has 1 aromatic rings. The van der Waals surface area contributed by atoms with E-state index in [0.717, 1.165) is 42.8 Å². The third-order valence-electron chi connectivity index (χ3n) is 3.64. The van der Waals surface area contributed by atoms with Gasteiger partial charge in [0.1, 0.15) is 5.82 Å². The second-order valence-electron chi connectivity index (χ2n) is 5.28. The largest absolute Gasteiger partial charge is 0.354 e. The van der Waals surface area contributed by atoms with Crippen molar-refractivity contribution in [3.8, 4) is 0 Å². The molecule has 1 fully saturated rings. The number of nitrogens with one attached hydrogen (secondary N) is 1. The molecule has 0 spiro atoms. The summed E-state index contributed by atoms with van der Waals surface area (Å²) in [6, 6.07) is 6.46. The predicted octanol–water partition coefficient (Wildman–Crippen LogP) is 2.70. The SMILES string of the molecule is NC1(C(=O)NCCCSc2ccc(F)cc2)CCCC1. The summed E-state index contributed by atoms with van der Waals surface area (Å²) in [7, 11) is 0. The summed E-state index contributed by atoms with van der Waals surface area (Å²) in [5, 5.41) is 2.92. The molecule has 1 amide bonds. The third kappa shape index (κ3) is 4.21. The highest BCUT2D eigenvalue weighted by Gasteiger charge is 2.36. The third-order valence-corrected chi connectivity index (χ3v) is 4.74. The number of halogens is 1. The van der Waals surface area contributed by atoms with Crippen molar-refractivity contribution in [3.63, 3.8) is 0 Å². The van der Waals surface area contributed by atoms with Crippen LogP contribution in [-0.4, -0.2) is 23.7 Å². The van der Waals surface area contributed by atoms with Gasteiger partial charge in [-0.2, -0.15) is 0 Å². The van der Waals surface area contributed by atoms with Gasteiger partial charge in [-0.1, -0.05) is 12.8 Å². The fourth-order valence-electron chi connectivity index (χ4n) is 2.40. The van der Waals surface area contributed by atoms with Gasteiger partial charge in [-0.25, -0.2) is 4.39 Å². The van der Waals surface area contributed by atoms with Gasteiger partial charge in [0, 0.05) is 11.4 Å². The van der Waals surface area contributed by atoms with E-state index in [1.807, 2.05) is 0 Å². The number of carbonyl (C=O) groups is 1. The molecule has 20 heavy (non-hydrogen) atoms. The number of hydrogen-bond acceptors (Lipinski definition) is 3. The van der Waals surface area contributed by atoms with Crippen LogP contribution in [0.1, 0.15) is 32.1 Å². The molecule has 0 radical (unpaired) electrons. The van der Waals surface area contributed by atoms with Gasteiger partial charge in [0.15, 0.2) is 0 Å². The van der Waals surface area contributed by atoms with Crippen LogP contribution in [0.3, 0.4) is 0 Å². The fraction of sp³-hybridized carbons (Fsp3) is 0.533. The maximum absolute atomic E-state index is 12.7. The highest BCUT2D eigenvalue weighted by Crippen LogP contribution is 2.27. The second-order valence-corrected chi connectivity index (χ2v) is 6.44. The van der Waals surface area contributed by atoms with Gasteiger partial charge < -0.3 is 11.1 Å². The van der Waals surface area contributed by atoms with Crippen LogP contribution in [0.25, 0.3) is 0 Å². The summed E-state index contributed by atoms with van der Waals surface area (Å²) >= 11 is 1.66. The molecule has 3 nitrogen and oxygen atoms in total. The van der Waals surface area contributed by atoms with Gasteiger partial charge in [-0.3, -0.25) is 4.79 Å². The average molecular weight is 296 g/mol. The van der Waals surface area contributed by atoms with Crippen molar-refractivity contribution in [2.75, 3.05) is 12.3 Å². The van der Waals surface area contributed by atoms with Crippen molar-refractivity contribution >= 4 is 17.7 Å². The lowest BCUT2D eigenvalue weighted by molar-refractivity contribution is -0.126. The lowest BCUT2D eigenvalue weighted by Crippen LogP contribution is -2.52. The molecule has 3 N–H and O–H groups in total. The Morgan fingerprint density at radius 3 is 2.60 bits per heavy atom. The zero-order chi connectivity index (χ0) is 14.4. The van der Waals surface area contributed by atoms with Gasteiger partial charge in [0.25, 0.3) is 0 Å². The first-order valence-corrected chi connectivity index (χ1v) is 8.04. The van der Waals surface area contributed by atoms with E-state index < -0.39 is 5.54 Å². The highest BCUT2D eigenvalue weighted by atomic mass is 32.2. The van der Waals surface area contributed by atoms with Crippen molar-refractivity contribution in [2.24, 2.45) is 5.73 Å². The molecule has 0 aromatic heterocycles. The van der Waals surface area contributed by atoms with Crippen molar-refractivity contribution in [1.82, 2.24) is 5.32 Å². The van der Waals surface area contributed by atoms with E-state index in [0.29, 0.717) is 6.54 Å². The maximum Gasteiger partial charge on any atom is 0.240 e. The van der Waals surface area contributed by atoms with Crippen LogP contribution < -0.4 is 11.1 Å². The first-order valence-electron chi connectivity index (χ1n) is 7.06. The van der Waals surface area contributed by atoms with E-state index in [1.54, 1.807) is 23.9 Å². The summed E-state index contributed by atoms with van der Waals surface area (Å²) in [6.07, 6.45) is 4.56. The normalized spacial score (nSPS) is 17.1. The highest BCUT2D eigenvalue weighted by molar-refractivity contribution is 7.99. The number of benzene rings is 1. The number of rotatable bonds is 6. The molecule has 5 heteroatoms. The number of thioether (sulfide) groups is 1. The molecule has 1 aliphatic rings. The summed E-state index contributed by atoms with van der Waals surface area (Å²) in [6.45, 7) is 0.645. The van der Waals surface area contributed by atoms with Gasteiger partial charge in [-0.05, 0) is 49.3 Å². The number of carbonyl (C=O) groups excluding carboxylic acids is 1. The Kier molecular flexibility index (Phi) is 5.43. The van der Waals surface area contributed by atoms with E-state index >= 15 is 0 Å². The average Bonchev–Trinajstić information content (AvgIpc) is 2.88. The standard InChI is InChI=1S/C15H21FN2OS/c16-12-4-6-13(7-5-12)20-11-3-10-18-14(19)15(17)8-1-2-9-15/h4-7H,1-3,8-11,17H2,(H,18,19). The Morgan fingerprint density at radius 1 is 1.30 bits per heavy atom. The first kappa shape index (κ1) is 15.3. The second kappa shape index (κ2) is 7.09. The van der Waals surface area contributed by atoms with Gasteiger partial charge in [0.05, 0.1) is 5.54 Å². The molecule has 1 aromatic carbocycles. The molecular weight excluding hydrogens is 275 g/mol. The molecular formula is C15H21FN2OS. The van der Waals surface area contributed by atoms with Crippen molar-refractivity contribution in [2.45, 2.75) is 42.5 Å². The molecule has 0 unspecified atom stereocenters. The molecule has 0 atom stereocenters. The monoisotopic (exact) mass is 296 g/mol. The van der Waals surface area contributed by atoms with Crippen LogP contribution in [0.5, 0.6) is 0 Å².